The predicted octanol–water partition coefficient (Wildman–Crippen LogP) is 4.11. The normalized spacial score (nSPS) is 33.0. The molecule has 2 N–H and O–H groups in total. The Labute approximate surface area is 95.8 Å². The number of nitrogens with two attached hydrogens (primary N) is 1. The van der Waals surface area contributed by atoms with Gasteiger partial charge in [0.2, 0.25) is 0 Å². The first-order chi connectivity index (χ1) is 6.85. The maximum Gasteiger partial charge on any atom is 0.0154 e. The van der Waals surface area contributed by atoms with Gasteiger partial charge < -0.3 is 5.73 Å². The van der Waals surface area contributed by atoms with Gasteiger partial charge in [-0.15, -0.1) is 0 Å². The highest BCUT2D eigenvalue weighted by Gasteiger charge is 2.31. The molecule has 0 saturated heterocycles. The second kappa shape index (κ2) is 4.86. The summed E-state index contributed by atoms with van der Waals surface area (Å²) in [6.07, 6.45) is 9.04. The zero-order chi connectivity index (χ0) is 11.5. The summed E-state index contributed by atoms with van der Waals surface area (Å²) in [5.41, 5.74) is 7.09. The SMILES string of the molecule is CCC1CCC(N)(CCC(C)(C)C)CC1. The van der Waals surface area contributed by atoms with Crippen LogP contribution >= 0.6 is 0 Å². The number of rotatable bonds is 3. The molecule has 1 nitrogen and oxygen atoms in total. The number of hydrogen-bond acceptors (Lipinski definition) is 1. The summed E-state index contributed by atoms with van der Waals surface area (Å²) in [6.45, 7) is 9.25. The molecule has 1 rings (SSSR count). The lowest BCUT2D eigenvalue weighted by molar-refractivity contribution is 0.193. The first kappa shape index (κ1) is 13.0. The van der Waals surface area contributed by atoms with Crippen molar-refractivity contribution in [2.45, 2.75) is 78.2 Å². The fourth-order valence-electron chi connectivity index (χ4n) is 2.53. The second-order valence-electron chi connectivity index (χ2n) is 6.77. The van der Waals surface area contributed by atoms with Gasteiger partial charge in [0, 0.05) is 5.54 Å². The molecule has 0 aromatic rings. The van der Waals surface area contributed by atoms with Gasteiger partial charge >= 0.3 is 0 Å². The van der Waals surface area contributed by atoms with Crippen LogP contribution in [-0.2, 0) is 0 Å². The van der Waals surface area contributed by atoms with Crippen molar-refractivity contribution >= 4 is 0 Å². The van der Waals surface area contributed by atoms with Crippen LogP contribution in [0.3, 0.4) is 0 Å². The van der Waals surface area contributed by atoms with Crippen LogP contribution < -0.4 is 5.73 Å². The molecule has 0 spiro atoms. The molecule has 0 aromatic heterocycles. The van der Waals surface area contributed by atoms with Gasteiger partial charge in [-0.2, -0.15) is 0 Å². The standard InChI is InChI=1S/C14H29N/c1-5-12-6-8-14(15,9-7-12)11-10-13(2,3)4/h12H,5-11,15H2,1-4H3. The molecule has 0 bridgehead atoms. The Morgan fingerprint density at radius 1 is 1.20 bits per heavy atom. The predicted molar refractivity (Wildman–Crippen MR) is 67.9 cm³/mol. The van der Waals surface area contributed by atoms with Crippen molar-refractivity contribution in [3.8, 4) is 0 Å². The highest BCUT2D eigenvalue weighted by atomic mass is 14.7. The molecule has 0 amide bonds. The van der Waals surface area contributed by atoms with Gasteiger partial charge in [0.05, 0.1) is 0 Å². The van der Waals surface area contributed by atoms with Crippen molar-refractivity contribution in [2.24, 2.45) is 17.1 Å². The van der Waals surface area contributed by atoms with Crippen LogP contribution in [0.15, 0.2) is 0 Å². The molecule has 1 aliphatic carbocycles. The molecule has 0 heterocycles. The third-order valence-electron chi connectivity index (χ3n) is 4.05. The van der Waals surface area contributed by atoms with Gasteiger partial charge in [-0.25, -0.2) is 0 Å². The van der Waals surface area contributed by atoms with E-state index in [0.717, 1.165) is 5.92 Å². The van der Waals surface area contributed by atoms with E-state index >= 15 is 0 Å². The second-order valence-corrected chi connectivity index (χ2v) is 6.77. The minimum absolute atomic E-state index is 0.166. The first-order valence-electron chi connectivity index (χ1n) is 6.63. The summed E-state index contributed by atoms with van der Waals surface area (Å²) in [5, 5.41) is 0. The van der Waals surface area contributed by atoms with Crippen LogP contribution in [0.25, 0.3) is 0 Å². The minimum atomic E-state index is 0.166. The van der Waals surface area contributed by atoms with Gasteiger partial charge in [-0.3, -0.25) is 0 Å². The quantitative estimate of drug-likeness (QED) is 0.747. The summed E-state index contributed by atoms with van der Waals surface area (Å²) < 4.78 is 0. The third kappa shape index (κ3) is 4.55. The molecule has 0 aliphatic heterocycles. The molecule has 1 aliphatic rings. The smallest absolute Gasteiger partial charge is 0.0154 e. The summed E-state index contributed by atoms with van der Waals surface area (Å²) in [4.78, 5) is 0. The van der Waals surface area contributed by atoms with E-state index in [0.29, 0.717) is 5.41 Å². The maximum atomic E-state index is 6.48. The fraction of sp³-hybridized carbons (Fsp3) is 1.00. The molecule has 1 fully saturated rings. The highest BCUT2D eigenvalue weighted by molar-refractivity contribution is 4.90. The zero-order valence-electron chi connectivity index (χ0n) is 11.1. The van der Waals surface area contributed by atoms with Gasteiger partial charge in [0.1, 0.15) is 0 Å². The van der Waals surface area contributed by atoms with E-state index in [1.54, 1.807) is 0 Å². The molecule has 90 valence electrons. The minimum Gasteiger partial charge on any atom is -0.325 e. The lowest BCUT2D eigenvalue weighted by Gasteiger charge is -2.38. The van der Waals surface area contributed by atoms with Crippen LogP contribution in [0.5, 0.6) is 0 Å². The van der Waals surface area contributed by atoms with Crippen molar-refractivity contribution < 1.29 is 0 Å². The van der Waals surface area contributed by atoms with E-state index < -0.39 is 0 Å². The highest BCUT2D eigenvalue weighted by Crippen LogP contribution is 2.37. The largest absolute Gasteiger partial charge is 0.325 e. The molecule has 0 unspecified atom stereocenters. The van der Waals surface area contributed by atoms with Crippen LogP contribution in [0.1, 0.15) is 72.6 Å². The molecule has 0 atom stereocenters. The van der Waals surface area contributed by atoms with Crippen molar-refractivity contribution in [1.29, 1.82) is 0 Å². The van der Waals surface area contributed by atoms with E-state index in [-0.39, 0.29) is 5.54 Å². The lowest BCUT2D eigenvalue weighted by Crippen LogP contribution is -2.43. The van der Waals surface area contributed by atoms with Crippen molar-refractivity contribution in [3.05, 3.63) is 0 Å². The van der Waals surface area contributed by atoms with E-state index in [1.165, 1.54) is 44.9 Å². The molecule has 0 radical (unpaired) electrons. The summed E-state index contributed by atoms with van der Waals surface area (Å²) in [7, 11) is 0. The third-order valence-corrected chi connectivity index (χ3v) is 4.05. The zero-order valence-corrected chi connectivity index (χ0v) is 11.1. The summed E-state index contributed by atoms with van der Waals surface area (Å²) in [6, 6.07) is 0. The fourth-order valence-corrected chi connectivity index (χ4v) is 2.53. The summed E-state index contributed by atoms with van der Waals surface area (Å²) >= 11 is 0. The Bertz CT molecular complexity index is 182. The summed E-state index contributed by atoms with van der Waals surface area (Å²) in [5.74, 6) is 0.955. The average Bonchev–Trinajstić information content (AvgIpc) is 2.16. The topological polar surface area (TPSA) is 26.0 Å². The monoisotopic (exact) mass is 211 g/mol. The Morgan fingerprint density at radius 3 is 2.13 bits per heavy atom. The molecule has 15 heavy (non-hydrogen) atoms. The van der Waals surface area contributed by atoms with E-state index in [4.69, 9.17) is 5.73 Å². The molecular weight excluding hydrogens is 182 g/mol. The molecule has 1 saturated carbocycles. The Hall–Kier alpha value is -0.0400. The maximum absolute atomic E-state index is 6.48. The average molecular weight is 211 g/mol. The Balaban J connectivity index is 2.35. The van der Waals surface area contributed by atoms with Crippen LogP contribution in [-0.4, -0.2) is 5.54 Å². The van der Waals surface area contributed by atoms with Crippen LogP contribution in [0.2, 0.25) is 0 Å². The van der Waals surface area contributed by atoms with E-state index in [2.05, 4.69) is 27.7 Å². The van der Waals surface area contributed by atoms with E-state index in [1.807, 2.05) is 0 Å². The molecule has 1 heteroatoms. The van der Waals surface area contributed by atoms with Gasteiger partial charge in [-0.1, -0.05) is 34.1 Å². The van der Waals surface area contributed by atoms with Gasteiger partial charge in [0.25, 0.3) is 0 Å². The van der Waals surface area contributed by atoms with Crippen LogP contribution in [0.4, 0.5) is 0 Å². The Kier molecular flexibility index (Phi) is 4.22. The first-order valence-corrected chi connectivity index (χ1v) is 6.63. The van der Waals surface area contributed by atoms with Gasteiger partial charge in [-0.05, 0) is 49.9 Å². The molecule has 0 aromatic carbocycles. The van der Waals surface area contributed by atoms with Crippen molar-refractivity contribution in [2.75, 3.05) is 0 Å². The lowest BCUT2D eigenvalue weighted by atomic mass is 9.72. The van der Waals surface area contributed by atoms with E-state index in [9.17, 15) is 0 Å². The number of hydrogen-bond donors (Lipinski definition) is 1. The van der Waals surface area contributed by atoms with Crippen molar-refractivity contribution in [1.82, 2.24) is 0 Å². The van der Waals surface area contributed by atoms with Gasteiger partial charge in [0.15, 0.2) is 0 Å². The molecular formula is C14H29N. The Morgan fingerprint density at radius 2 is 1.73 bits per heavy atom. The van der Waals surface area contributed by atoms with Crippen LogP contribution in [0, 0.1) is 11.3 Å². The van der Waals surface area contributed by atoms with Crippen molar-refractivity contribution in [3.63, 3.8) is 0 Å².